The number of likely N-dealkylation sites (tertiary alicyclic amines) is 1. The molecule has 1 atom stereocenters. The fourth-order valence-electron chi connectivity index (χ4n) is 2.94. The number of aromatic nitrogens is 1. The highest BCUT2D eigenvalue weighted by Gasteiger charge is 2.23. The minimum Gasteiger partial charge on any atom is -0.396 e. The quantitative estimate of drug-likeness (QED) is 0.918. The molecule has 0 aliphatic carbocycles. The van der Waals surface area contributed by atoms with Crippen LogP contribution in [0.4, 0.5) is 0 Å². The highest BCUT2D eigenvalue weighted by atomic mass is 16.5. The van der Waals surface area contributed by atoms with Crippen LogP contribution in [0.15, 0.2) is 34.9 Å². The maximum absolute atomic E-state index is 9.00. The molecule has 4 heteroatoms. The number of rotatable bonds is 5. The number of aliphatic hydroxyl groups is 1. The van der Waals surface area contributed by atoms with Gasteiger partial charge in [0.25, 0.3) is 0 Å². The van der Waals surface area contributed by atoms with Gasteiger partial charge in [0.05, 0.1) is 6.54 Å². The molecule has 1 aliphatic heterocycles. The predicted octanol–water partition coefficient (Wildman–Crippen LogP) is 2.85. The van der Waals surface area contributed by atoms with Gasteiger partial charge in [-0.1, -0.05) is 35.0 Å². The molecule has 1 unspecified atom stereocenters. The van der Waals surface area contributed by atoms with Crippen molar-refractivity contribution in [2.24, 2.45) is 5.92 Å². The molecule has 4 nitrogen and oxygen atoms in total. The van der Waals surface area contributed by atoms with Crippen molar-refractivity contribution in [2.75, 3.05) is 19.7 Å². The summed E-state index contributed by atoms with van der Waals surface area (Å²) >= 11 is 0. The van der Waals surface area contributed by atoms with Crippen molar-refractivity contribution in [3.8, 4) is 11.3 Å². The number of hydrogen-bond acceptors (Lipinski definition) is 4. The van der Waals surface area contributed by atoms with E-state index in [0.717, 1.165) is 43.1 Å². The van der Waals surface area contributed by atoms with Crippen molar-refractivity contribution < 1.29 is 9.63 Å². The second-order valence-electron chi connectivity index (χ2n) is 5.95. The van der Waals surface area contributed by atoms with Gasteiger partial charge in [-0.15, -0.1) is 0 Å². The SMILES string of the molecule is Cc1ccc(-c2cc(CN3CCC(CCO)C3)on2)cc1. The van der Waals surface area contributed by atoms with Crippen molar-refractivity contribution in [3.63, 3.8) is 0 Å². The number of benzene rings is 1. The smallest absolute Gasteiger partial charge is 0.151 e. The van der Waals surface area contributed by atoms with E-state index in [1.54, 1.807) is 0 Å². The summed E-state index contributed by atoms with van der Waals surface area (Å²) in [5, 5.41) is 13.2. The summed E-state index contributed by atoms with van der Waals surface area (Å²) in [5.74, 6) is 1.53. The molecule has 0 amide bonds. The largest absolute Gasteiger partial charge is 0.396 e. The second kappa shape index (κ2) is 6.41. The fraction of sp³-hybridized carbons (Fsp3) is 0.471. The van der Waals surface area contributed by atoms with E-state index >= 15 is 0 Å². The van der Waals surface area contributed by atoms with E-state index in [4.69, 9.17) is 9.63 Å². The second-order valence-corrected chi connectivity index (χ2v) is 5.95. The highest BCUT2D eigenvalue weighted by molar-refractivity contribution is 5.59. The normalized spacial score (nSPS) is 19.2. The standard InChI is InChI=1S/C17H22N2O2/c1-13-2-4-15(5-3-13)17-10-16(21-18-17)12-19-8-6-14(11-19)7-9-20/h2-5,10,14,20H,6-9,11-12H2,1H3. The van der Waals surface area contributed by atoms with Gasteiger partial charge < -0.3 is 9.63 Å². The average molecular weight is 286 g/mol. The third kappa shape index (κ3) is 3.52. The van der Waals surface area contributed by atoms with Gasteiger partial charge in [-0.25, -0.2) is 0 Å². The van der Waals surface area contributed by atoms with Crippen LogP contribution >= 0.6 is 0 Å². The first kappa shape index (κ1) is 14.3. The first-order valence-electron chi connectivity index (χ1n) is 7.60. The molecule has 3 rings (SSSR count). The van der Waals surface area contributed by atoms with Crippen LogP contribution in [0, 0.1) is 12.8 Å². The number of aliphatic hydroxyl groups excluding tert-OH is 1. The maximum Gasteiger partial charge on any atom is 0.151 e. The third-order valence-electron chi connectivity index (χ3n) is 4.19. The van der Waals surface area contributed by atoms with Gasteiger partial charge in [-0.2, -0.15) is 0 Å². The molecule has 1 fully saturated rings. The Kier molecular flexibility index (Phi) is 4.36. The van der Waals surface area contributed by atoms with Crippen LogP contribution in [-0.4, -0.2) is 34.9 Å². The summed E-state index contributed by atoms with van der Waals surface area (Å²) in [7, 11) is 0. The summed E-state index contributed by atoms with van der Waals surface area (Å²) in [6.45, 7) is 5.29. The molecule has 0 spiro atoms. The van der Waals surface area contributed by atoms with Crippen molar-refractivity contribution >= 4 is 0 Å². The van der Waals surface area contributed by atoms with E-state index in [1.165, 1.54) is 12.0 Å². The molecule has 1 aromatic carbocycles. The summed E-state index contributed by atoms with van der Waals surface area (Å²) in [4.78, 5) is 2.37. The fourth-order valence-corrected chi connectivity index (χ4v) is 2.94. The Morgan fingerprint density at radius 3 is 2.90 bits per heavy atom. The first-order chi connectivity index (χ1) is 10.2. The van der Waals surface area contributed by atoms with Gasteiger partial charge in [0, 0.05) is 24.8 Å². The topological polar surface area (TPSA) is 49.5 Å². The molecule has 112 valence electrons. The van der Waals surface area contributed by atoms with Gasteiger partial charge in [-0.3, -0.25) is 4.90 Å². The van der Waals surface area contributed by atoms with Gasteiger partial charge in [0.1, 0.15) is 5.69 Å². The summed E-state index contributed by atoms with van der Waals surface area (Å²) in [6.07, 6.45) is 2.07. The van der Waals surface area contributed by atoms with E-state index < -0.39 is 0 Å². The highest BCUT2D eigenvalue weighted by Crippen LogP contribution is 2.24. The molecule has 0 bridgehead atoms. The van der Waals surface area contributed by atoms with Gasteiger partial charge in [0.2, 0.25) is 0 Å². The molecule has 0 saturated carbocycles. The summed E-state index contributed by atoms with van der Waals surface area (Å²) < 4.78 is 5.47. The Labute approximate surface area is 125 Å². The zero-order valence-corrected chi connectivity index (χ0v) is 12.5. The molecular formula is C17H22N2O2. The van der Waals surface area contributed by atoms with Crippen LogP contribution in [0.2, 0.25) is 0 Å². The summed E-state index contributed by atoms with van der Waals surface area (Å²) in [6, 6.07) is 10.4. The molecule has 0 radical (unpaired) electrons. The Hall–Kier alpha value is -1.65. The van der Waals surface area contributed by atoms with Crippen LogP contribution in [0.5, 0.6) is 0 Å². The lowest BCUT2D eigenvalue weighted by molar-refractivity contribution is 0.239. The van der Waals surface area contributed by atoms with Crippen LogP contribution in [-0.2, 0) is 6.54 Å². The van der Waals surface area contributed by atoms with Crippen LogP contribution < -0.4 is 0 Å². The van der Waals surface area contributed by atoms with Crippen molar-refractivity contribution in [1.82, 2.24) is 10.1 Å². The van der Waals surface area contributed by atoms with E-state index in [2.05, 4.69) is 41.2 Å². The molecule has 2 heterocycles. The minimum atomic E-state index is 0.290. The van der Waals surface area contributed by atoms with Crippen LogP contribution in [0.1, 0.15) is 24.2 Å². The minimum absolute atomic E-state index is 0.290. The summed E-state index contributed by atoms with van der Waals surface area (Å²) in [5.41, 5.74) is 3.24. The molecule has 21 heavy (non-hydrogen) atoms. The van der Waals surface area contributed by atoms with Gasteiger partial charge in [0.15, 0.2) is 5.76 Å². The predicted molar refractivity (Wildman–Crippen MR) is 81.8 cm³/mol. The molecule has 1 aliphatic rings. The van der Waals surface area contributed by atoms with Crippen molar-refractivity contribution in [2.45, 2.75) is 26.3 Å². The third-order valence-corrected chi connectivity index (χ3v) is 4.19. The first-order valence-corrected chi connectivity index (χ1v) is 7.60. The van der Waals surface area contributed by atoms with Gasteiger partial charge >= 0.3 is 0 Å². The van der Waals surface area contributed by atoms with Crippen molar-refractivity contribution in [1.29, 1.82) is 0 Å². The number of hydrogen-bond donors (Lipinski definition) is 1. The lowest BCUT2D eigenvalue weighted by Gasteiger charge is -2.13. The Balaban J connectivity index is 1.62. The monoisotopic (exact) mass is 286 g/mol. The van der Waals surface area contributed by atoms with E-state index in [9.17, 15) is 0 Å². The lowest BCUT2D eigenvalue weighted by atomic mass is 10.1. The van der Waals surface area contributed by atoms with E-state index in [0.29, 0.717) is 12.5 Å². The molecule has 2 aromatic rings. The van der Waals surface area contributed by atoms with Crippen LogP contribution in [0.3, 0.4) is 0 Å². The lowest BCUT2D eigenvalue weighted by Crippen LogP contribution is -2.20. The number of aryl methyl sites for hydroxylation is 1. The molecule has 1 N–H and O–H groups in total. The van der Waals surface area contributed by atoms with E-state index in [-0.39, 0.29) is 0 Å². The zero-order valence-electron chi connectivity index (χ0n) is 12.5. The zero-order chi connectivity index (χ0) is 14.7. The average Bonchev–Trinajstić information content (AvgIpc) is 3.11. The Morgan fingerprint density at radius 1 is 1.33 bits per heavy atom. The Morgan fingerprint density at radius 2 is 2.14 bits per heavy atom. The van der Waals surface area contributed by atoms with Gasteiger partial charge in [-0.05, 0) is 32.2 Å². The molecule has 1 saturated heterocycles. The maximum atomic E-state index is 9.00. The molecular weight excluding hydrogens is 264 g/mol. The van der Waals surface area contributed by atoms with E-state index in [1.807, 2.05) is 6.07 Å². The molecule has 1 aromatic heterocycles. The van der Waals surface area contributed by atoms with Crippen LogP contribution in [0.25, 0.3) is 11.3 Å². The van der Waals surface area contributed by atoms with Crippen molar-refractivity contribution in [3.05, 3.63) is 41.7 Å². The number of nitrogens with zero attached hydrogens (tertiary/aromatic N) is 2. The Bertz CT molecular complexity index is 577.